The SMILES string of the molecule is C=CNON(CCC)CCN(C(=O)N(CCCCCCNC(=O)/N=C/C)C(=O)NCCCCCCNC(=O)N(CCC[Si](OC)(OC)OC)CCC[Si](OC)(OC)OC)C1CC(C)(C)N(OCCCCCCCC)C(C)(C)C1. The molecule has 78 heavy (non-hydrogen) atoms. The third kappa shape index (κ3) is 27.9. The zero-order valence-electron chi connectivity index (χ0n) is 50.9. The van der Waals surface area contributed by atoms with Gasteiger partial charge in [0.15, 0.2) is 0 Å². The number of aliphatic imine (C=N–C) groups is 1. The molecule has 0 spiro atoms. The Balaban J connectivity index is 3.20. The molecule has 1 aliphatic heterocycles. The van der Waals surface area contributed by atoms with Gasteiger partial charge >= 0.3 is 41.7 Å². The summed E-state index contributed by atoms with van der Waals surface area (Å²) in [5.74, 6) is 0. The first-order valence-corrected chi connectivity index (χ1v) is 32.9. The number of hydrogen-bond acceptors (Lipinski definition) is 15. The molecule has 0 aromatic rings. The summed E-state index contributed by atoms with van der Waals surface area (Å²) < 4.78 is 33.6. The van der Waals surface area contributed by atoms with Gasteiger partial charge in [-0.25, -0.2) is 29.1 Å². The van der Waals surface area contributed by atoms with Gasteiger partial charge < -0.3 is 52.3 Å². The molecule has 1 fully saturated rings. The molecular formula is C54H110N10O12Si2. The van der Waals surface area contributed by atoms with E-state index in [-0.39, 0.29) is 30.7 Å². The lowest BCUT2D eigenvalue weighted by Gasteiger charge is -2.55. The predicted octanol–water partition coefficient (Wildman–Crippen LogP) is 9.49. The number of nitrogens with one attached hydrogen (secondary N) is 4. The van der Waals surface area contributed by atoms with E-state index in [0.717, 1.165) is 57.8 Å². The Hall–Kier alpha value is -3.28. The van der Waals surface area contributed by atoms with E-state index in [4.69, 9.17) is 36.3 Å². The number of hydroxylamine groups is 5. The largest absolute Gasteiger partial charge is 0.500 e. The standard InChI is InChI=1S/C54H110N10O12Si2/c1-15-19-20-21-26-31-43-75-64-53(5,6)46-48(47-54(64,7)8)62(42-41-61(37-16-2)76-59-18-4)52(68)63(40-30-25-24-27-34-56-49(65)55-17-3)51(67)58-36-29-23-22-28-35-57-50(66)60(38-32-44-77(69-9,70-10)71-11)39-33-45-78(72-12,73-13)74-14/h17-18,48,59H,4,15-16,19-47H2,1-3,5-14H3,(H,56,65)(H,57,66)(H,58,67)/b55-17+. The van der Waals surface area contributed by atoms with Gasteiger partial charge in [0.25, 0.3) is 0 Å². The number of urea groups is 4. The summed E-state index contributed by atoms with van der Waals surface area (Å²) >= 11 is 0. The first kappa shape index (κ1) is 72.7. The Kier molecular flexibility index (Phi) is 38.9. The van der Waals surface area contributed by atoms with E-state index in [2.05, 4.69) is 79.6 Å². The molecule has 1 aliphatic rings. The van der Waals surface area contributed by atoms with Gasteiger partial charge in [-0.2, -0.15) is 15.1 Å². The van der Waals surface area contributed by atoms with Crippen molar-refractivity contribution in [2.24, 2.45) is 4.99 Å². The normalized spacial score (nSPS) is 14.9. The van der Waals surface area contributed by atoms with Gasteiger partial charge in [-0.1, -0.05) is 78.2 Å². The molecule has 0 aliphatic carbocycles. The lowest BCUT2D eigenvalue weighted by molar-refractivity contribution is -0.287. The highest BCUT2D eigenvalue weighted by Crippen LogP contribution is 2.41. The molecule has 1 saturated heterocycles. The fourth-order valence-corrected chi connectivity index (χ4v) is 13.6. The Morgan fingerprint density at radius 1 is 0.603 bits per heavy atom. The van der Waals surface area contributed by atoms with Crippen LogP contribution in [0.4, 0.5) is 19.2 Å². The van der Waals surface area contributed by atoms with Crippen molar-refractivity contribution in [1.82, 2.24) is 46.3 Å². The molecule has 0 radical (unpaired) electrons. The number of unbranched alkanes of at least 4 members (excludes halogenated alkanes) is 11. The maximum absolute atomic E-state index is 15.2. The number of nitrogens with zero attached hydrogens (tertiary/aromatic N) is 6. The quantitative estimate of drug-likeness (QED) is 0.0193. The van der Waals surface area contributed by atoms with Crippen LogP contribution in [0.1, 0.15) is 170 Å². The maximum atomic E-state index is 15.2. The van der Waals surface area contributed by atoms with Gasteiger partial charge in [-0.05, 0) is 98.8 Å². The average Bonchev–Trinajstić information content (AvgIpc) is 3.41. The van der Waals surface area contributed by atoms with Crippen LogP contribution in [-0.2, 0) is 36.3 Å². The summed E-state index contributed by atoms with van der Waals surface area (Å²) in [6.45, 7) is 23.0. The second-order valence-corrected chi connectivity index (χ2v) is 27.4. The summed E-state index contributed by atoms with van der Waals surface area (Å²) in [6, 6.07) is -0.414. The van der Waals surface area contributed by atoms with Crippen LogP contribution in [0.15, 0.2) is 17.8 Å². The first-order valence-electron chi connectivity index (χ1n) is 29.1. The van der Waals surface area contributed by atoms with Crippen molar-refractivity contribution in [3.8, 4) is 0 Å². The lowest BCUT2D eigenvalue weighted by atomic mass is 9.78. The molecule has 1 rings (SSSR count). The van der Waals surface area contributed by atoms with Crippen molar-refractivity contribution in [3.63, 3.8) is 0 Å². The molecule has 0 aromatic heterocycles. The fourth-order valence-electron chi connectivity index (χ4n) is 10.2. The van der Waals surface area contributed by atoms with Gasteiger partial charge in [-0.15, -0.1) is 0 Å². The van der Waals surface area contributed by atoms with E-state index in [9.17, 15) is 14.4 Å². The minimum atomic E-state index is -2.82. The Morgan fingerprint density at radius 2 is 1.09 bits per heavy atom. The van der Waals surface area contributed by atoms with Gasteiger partial charge in [0.2, 0.25) is 0 Å². The number of amides is 8. The molecule has 0 bridgehead atoms. The van der Waals surface area contributed by atoms with Crippen LogP contribution in [0.5, 0.6) is 0 Å². The number of carbonyl (C=O) groups excluding carboxylic acids is 4. The summed E-state index contributed by atoms with van der Waals surface area (Å²) in [5, 5.41) is 12.9. The highest BCUT2D eigenvalue weighted by molar-refractivity contribution is 6.60. The second kappa shape index (κ2) is 41.7. The molecule has 22 nitrogen and oxygen atoms in total. The number of rotatable bonds is 45. The van der Waals surface area contributed by atoms with Crippen LogP contribution in [0.25, 0.3) is 0 Å². The topological polar surface area (TPSA) is 219 Å². The monoisotopic (exact) mass is 1150 g/mol. The van der Waals surface area contributed by atoms with E-state index in [1.54, 1.807) is 59.5 Å². The van der Waals surface area contributed by atoms with E-state index < -0.39 is 34.7 Å². The summed E-state index contributed by atoms with van der Waals surface area (Å²) in [4.78, 5) is 76.2. The molecule has 8 amide bonds. The van der Waals surface area contributed by atoms with Crippen LogP contribution in [0.2, 0.25) is 12.1 Å². The minimum Gasteiger partial charge on any atom is -0.377 e. The van der Waals surface area contributed by atoms with Crippen LogP contribution in [0, 0.1) is 0 Å². The van der Waals surface area contributed by atoms with Gasteiger partial charge in [0, 0.05) is 143 Å². The van der Waals surface area contributed by atoms with E-state index in [1.165, 1.54) is 43.0 Å². The molecule has 0 aromatic carbocycles. The Morgan fingerprint density at radius 3 is 1.59 bits per heavy atom. The highest BCUT2D eigenvalue weighted by Gasteiger charge is 2.49. The molecule has 24 heteroatoms. The van der Waals surface area contributed by atoms with Crippen molar-refractivity contribution in [3.05, 3.63) is 12.8 Å². The van der Waals surface area contributed by atoms with Gasteiger partial charge in [0.05, 0.1) is 6.61 Å². The molecule has 4 N–H and O–H groups in total. The lowest BCUT2D eigenvalue weighted by Crippen LogP contribution is -2.66. The third-order valence-electron chi connectivity index (χ3n) is 14.2. The predicted molar refractivity (Wildman–Crippen MR) is 313 cm³/mol. The number of piperidine rings is 1. The molecule has 1 heterocycles. The van der Waals surface area contributed by atoms with Crippen LogP contribution in [-0.4, -0.2) is 198 Å². The fraction of sp³-hybridized carbons (Fsp3) is 0.870. The van der Waals surface area contributed by atoms with Crippen LogP contribution >= 0.6 is 0 Å². The van der Waals surface area contributed by atoms with Crippen LogP contribution in [0.3, 0.4) is 0 Å². The van der Waals surface area contributed by atoms with E-state index >= 15 is 4.79 Å². The van der Waals surface area contributed by atoms with Crippen molar-refractivity contribution in [2.75, 3.05) is 108 Å². The van der Waals surface area contributed by atoms with E-state index in [1.807, 2.05) is 4.90 Å². The molecule has 0 saturated carbocycles. The van der Waals surface area contributed by atoms with Gasteiger partial charge in [0.1, 0.15) is 0 Å². The third-order valence-corrected chi connectivity index (χ3v) is 19.9. The summed E-state index contributed by atoms with van der Waals surface area (Å²) in [7, 11) is 3.86. The molecule has 456 valence electrons. The molecule has 0 atom stereocenters. The Bertz CT molecular complexity index is 1610. The minimum absolute atomic E-state index is 0.165. The molecule has 0 unspecified atom stereocenters. The zero-order chi connectivity index (χ0) is 58.3. The van der Waals surface area contributed by atoms with Crippen molar-refractivity contribution >= 4 is 47.9 Å². The van der Waals surface area contributed by atoms with E-state index in [0.29, 0.717) is 110 Å². The Labute approximate surface area is 473 Å². The zero-order valence-corrected chi connectivity index (χ0v) is 52.9. The number of hydrogen-bond donors (Lipinski definition) is 4. The smallest absolute Gasteiger partial charge is 0.377 e. The second-order valence-electron chi connectivity index (χ2n) is 21.2. The van der Waals surface area contributed by atoms with Crippen molar-refractivity contribution in [2.45, 2.75) is 200 Å². The van der Waals surface area contributed by atoms with Crippen LogP contribution < -0.4 is 21.4 Å². The van der Waals surface area contributed by atoms with Gasteiger partial charge in [-0.3, -0.25) is 10.3 Å². The number of imide groups is 1. The highest BCUT2D eigenvalue weighted by atomic mass is 28.4. The first-order chi connectivity index (χ1) is 37.4. The van der Waals surface area contributed by atoms with Crippen molar-refractivity contribution < 1.29 is 55.5 Å². The van der Waals surface area contributed by atoms with Crippen molar-refractivity contribution in [1.29, 1.82) is 0 Å². The summed E-state index contributed by atoms with van der Waals surface area (Å²) in [6.07, 6.45) is 19.3. The average molecular weight is 1150 g/mol. The maximum Gasteiger partial charge on any atom is 0.500 e. The molecular weight excluding hydrogens is 1040 g/mol. The summed E-state index contributed by atoms with van der Waals surface area (Å²) in [5.41, 5.74) is 1.89. The number of carbonyl (C=O) groups is 4.